The van der Waals surface area contributed by atoms with Crippen molar-refractivity contribution in [2.24, 2.45) is 0 Å². The summed E-state index contributed by atoms with van der Waals surface area (Å²) in [5, 5.41) is 14.4. The first-order valence-corrected chi connectivity index (χ1v) is 6.75. The number of benzene rings is 1. The van der Waals surface area contributed by atoms with Gasteiger partial charge in [0.05, 0.1) is 6.54 Å². The maximum atomic E-state index is 12.0. The molecule has 0 spiro atoms. The van der Waals surface area contributed by atoms with Gasteiger partial charge in [0.1, 0.15) is 11.6 Å². The SMILES string of the molecule is CCN(CC)C(=O)CNc1nccc2ccc(O)cc12. The Morgan fingerprint density at radius 1 is 1.30 bits per heavy atom. The second kappa shape index (κ2) is 6.23. The van der Waals surface area contributed by atoms with Crippen molar-refractivity contribution in [1.82, 2.24) is 9.88 Å². The van der Waals surface area contributed by atoms with Gasteiger partial charge in [-0.1, -0.05) is 6.07 Å². The Morgan fingerprint density at radius 3 is 2.75 bits per heavy atom. The molecule has 0 radical (unpaired) electrons. The summed E-state index contributed by atoms with van der Waals surface area (Å²) < 4.78 is 0. The predicted octanol–water partition coefficient (Wildman–Crippen LogP) is 2.22. The molecule has 5 nitrogen and oxygen atoms in total. The number of aromatic nitrogens is 1. The number of anilines is 1. The molecular weight excluding hydrogens is 254 g/mol. The fourth-order valence-electron chi connectivity index (χ4n) is 2.14. The summed E-state index contributed by atoms with van der Waals surface area (Å²) in [7, 11) is 0. The van der Waals surface area contributed by atoms with E-state index in [1.165, 1.54) is 0 Å². The summed E-state index contributed by atoms with van der Waals surface area (Å²) in [6.07, 6.45) is 1.68. The molecule has 0 saturated heterocycles. The van der Waals surface area contributed by atoms with Gasteiger partial charge in [-0.05, 0) is 37.4 Å². The van der Waals surface area contributed by atoms with Gasteiger partial charge in [-0.25, -0.2) is 4.98 Å². The molecule has 2 N–H and O–H groups in total. The molecule has 0 atom stereocenters. The first kappa shape index (κ1) is 14.1. The van der Waals surface area contributed by atoms with Gasteiger partial charge < -0.3 is 15.3 Å². The minimum Gasteiger partial charge on any atom is -0.508 e. The highest BCUT2D eigenvalue weighted by molar-refractivity contribution is 5.94. The zero-order valence-corrected chi connectivity index (χ0v) is 11.8. The van der Waals surface area contributed by atoms with Crippen molar-refractivity contribution >= 4 is 22.5 Å². The van der Waals surface area contributed by atoms with E-state index < -0.39 is 0 Å². The Balaban J connectivity index is 2.18. The fourth-order valence-corrected chi connectivity index (χ4v) is 2.14. The van der Waals surface area contributed by atoms with Gasteiger partial charge in [-0.2, -0.15) is 0 Å². The second-order valence-corrected chi connectivity index (χ2v) is 4.48. The number of aromatic hydroxyl groups is 1. The number of amides is 1. The lowest BCUT2D eigenvalue weighted by Gasteiger charge is -2.19. The van der Waals surface area contributed by atoms with E-state index >= 15 is 0 Å². The monoisotopic (exact) mass is 273 g/mol. The largest absolute Gasteiger partial charge is 0.508 e. The van der Waals surface area contributed by atoms with E-state index in [-0.39, 0.29) is 18.2 Å². The number of phenols is 1. The van der Waals surface area contributed by atoms with Crippen LogP contribution in [-0.2, 0) is 4.79 Å². The van der Waals surface area contributed by atoms with Gasteiger partial charge in [-0.15, -0.1) is 0 Å². The Labute approximate surface area is 118 Å². The van der Waals surface area contributed by atoms with Crippen LogP contribution in [0, 0.1) is 0 Å². The van der Waals surface area contributed by atoms with Crippen LogP contribution in [0.1, 0.15) is 13.8 Å². The third-order valence-electron chi connectivity index (χ3n) is 3.27. The van der Waals surface area contributed by atoms with Crippen LogP contribution in [0.4, 0.5) is 5.82 Å². The third kappa shape index (κ3) is 2.99. The maximum absolute atomic E-state index is 12.0. The summed E-state index contributed by atoms with van der Waals surface area (Å²) >= 11 is 0. The van der Waals surface area contributed by atoms with E-state index in [4.69, 9.17) is 0 Å². The fraction of sp³-hybridized carbons (Fsp3) is 0.333. The Hall–Kier alpha value is -2.30. The van der Waals surface area contributed by atoms with E-state index in [0.717, 1.165) is 10.8 Å². The third-order valence-corrected chi connectivity index (χ3v) is 3.27. The number of pyridine rings is 1. The van der Waals surface area contributed by atoms with Crippen molar-refractivity contribution in [3.8, 4) is 5.75 Å². The van der Waals surface area contributed by atoms with Gasteiger partial charge in [0.2, 0.25) is 5.91 Å². The first-order valence-electron chi connectivity index (χ1n) is 6.75. The number of fused-ring (bicyclic) bond motifs is 1. The summed E-state index contributed by atoms with van der Waals surface area (Å²) in [6.45, 7) is 5.50. The molecule has 1 aromatic heterocycles. The molecule has 106 valence electrons. The van der Waals surface area contributed by atoms with Gasteiger partial charge in [-0.3, -0.25) is 4.79 Å². The minimum absolute atomic E-state index is 0.0361. The second-order valence-electron chi connectivity index (χ2n) is 4.48. The topological polar surface area (TPSA) is 65.5 Å². The minimum atomic E-state index is 0.0361. The van der Waals surface area contributed by atoms with E-state index in [2.05, 4.69) is 10.3 Å². The first-order chi connectivity index (χ1) is 9.65. The van der Waals surface area contributed by atoms with E-state index in [1.807, 2.05) is 26.0 Å². The van der Waals surface area contributed by atoms with Crippen molar-refractivity contribution in [3.05, 3.63) is 30.5 Å². The summed E-state index contributed by atoms with van der Waals surface area (Å²) in [5.41, 5.74) is 0. The summed E-state index contributed by atoms with van der Waals surface area (Å²) in [5.74, 6) is 0.830. The quantitative estimate of drug-likeness (QED) is 0.876. The molecule has 0 aliphatic carbocycles. The molecule has 0 unspecified atom stereocenters. The number of nitrogens with zero attached hydrogens (tertiary/aromatic N) is 2. The zero-order valence-electron chi connectivity index (χ0n) is 11.8. The number of carbonyl (C=O) groups is 1. The number of carbonyl (C=O) groups excluding carboxylic acids is 1. The average molecular weight is 273 g/mol. The van der Waals surface area contributed by atoms with Crippen molar-refractivity contribution < 1.29 is 9.90 Å². The van der Waals surface area contributed by atoms with E-state index in [1.54, 1.807) is 23.2 Å². The molecule has 5 heteroatoms. The molecule has 0 fully saturated rings. The van der Waals surface area contributed by atoms with Crippen molar-refractivity contribution in [2.45, 2.75) is 13.8 Å². The maximum Gasteiger partial charge on any atom is 0.241 e. The number of nitrogens with one attached hydrogen (secondary N) is 1. The molecule has 1 aromatic carbocycles. The molecule has 2 rings (SSSR count). The molecular formula is C15H19N3O2. The number of hydrogen-bond donors (Lipinski definition) is 2. The van der Waals surface area contributed by atoms with E-state index in [0.29, 0.717) is 18.9 Å². The van der Waals surface area contributed by atoms with Crippen LogP contribution in [0.2, 0.25) is 0 Å². The molecule has 20 heavy (non-hydrogen) atoms. The lowest BCUT2D eigenvalue weighted by molar-refractivity contribution is -0.128. The summed E-state index contributed by atoms with van der Waals surface area (Å²) in [4.78, 5) is 18.0. The number of likely N-dealkylation sites (N-methyl/N-ethyl adjacent to an activating group) is 1. The number of phenolic OH excluding ortho intramolecular Hbond substituents is 1. The van der Waals surface area contributed by atoms with Crippen LogP contribution in [-0.4, -0.2) is 40.5 Å². The van der Waals surface area contributed by atoms with Crippen LogP contribution in [0.3, 0.4) is 0 Å². The zero-order chi connectivity index (χ0) is 14.5. The molecule has 0 aliphatic rings. The molecule has 2 aromatic rings. The van der Waals surface area contributed by atoms with Gasteiger partial charge in [0.25, 0.3) is 0 Å². The number of hydrogen-bond acceptors (Lipinski definition) is 4. The van der Waals surface area contributed by atoms with Crippen LogP contribution < -0.4 is 5.32 Å². The van der Waals surface area contributed by atoms with Crippen molar-refractivity contribution in [3.63, 3.8) is 0 Å². The lowest BCUT2D eigenvalue weighted by atomic mass is 10.1. The lowest BCUT2D eigenvalue weighted by Crippen LogP contribution is -2.35. The van der Waals surface area contributed by atoms with Crippen LogP contribution in [0.15, 0.2) is 30.5 Å². The Kier molecular flexibility index (Phi) is 4.40. The van der Waals surface area contributed by atoms with Crippen LogP contribution in [0.25, 0.3) is 10.8 Å². The van der Waals surface area contributed by atoms with Crippen molar-refractivity contribution in [2.75, 3.05) is 25.0 Å². The molecule has 1 heterocycles. The Morgan fingerprint density at radius 2 is 2.05 bits per heavy atom. The average Bonchev–Trinajstić information content (AvgIpc) is 2.46. The highest BCUT2D eigenvalue weighted by Gasteiger charge is 2.10. The molecule has 0 saturated carbocycles. The molecule has 0 bridgehead atoms. The standard InChI is InChI=1S/C15H19N3O2/c1-3-18(4-2)14(20)10-17-15-13-9-12(19)6-5-11(13)7-8-16-15/h5-9,19H,3-4,10H2,1-2H3,(H,16,17). The van der Waals surface area contributed by atoms with E-state index in [9.17, 15) is 9.90 Å². The molecule has 1 amide bonds. The number of rotatable bonds is 5. The van der Waals surface area contributed by atoms with Gasteiger partial charge in [0, 0.05) is 24.7 Å². The highest BCUT2D eigenvalue weighted by Crippen LogP contribution is 2.24. The van der Waals surface area contributed by atoms with Crippen molar-refractivity contribution in [1.29, 1.82) is 0 Å². The Bertz CT molecular complexity index is 609. The predicted molar refractivity (Wildman–Crippen MR) is 79.8 cm³/mol. The van der Waals surface area contributed by atoms with Gasteiger partial charge in [0.15, 0.2) is 0 Å². The van der Waals surface area contributed by atoms with Crippen LogP contribution >= 0.6 is 0 Å². The van der Waals surface area contributed by atoms with Gasteiger partial charge >= 0.3 is 0 Å². The smallest absolute Gasteiger partial charge is 0.241 e. The molecule has 0 aliphatic heterocycles. The van der Waals surface area contributed by atoms with Crippen LogP contribution in [0.5, 0.6) is 5.75 Å². The normalized spacial score (nSPS) is 10.5. The summed E-state index contributed by atoms with van der Waals surface area (Å²) in [6, 6.07) is 6.97. The highest BCUT2D eigenvalue weighted by atomic mass is 16.3.